The molecule has 2 heterocycles. The quantitative estimate of drug-likeness (QED) is 0.596. The number of aryl methyl sites for hydroxylation is 2. The second-order valence-electron chi connectivity index (χ2n) is 8.22. The number of nitrogens with zero attached hydrogens (tertiary/aromatic N) is 3. The molecule has 1 amide bonds. The summed E-state index contributed by atoms with van der Waals surface area (Å²) in [6, 6.07) is 14.2. The van der Waals surface area contributed by atoms with Crippen molar-refractivity contribution in [3.05, 3.63) is 65.5 Å². The Hall–Kier alpha value is -3.01. The maximum atomic E-state index is 13.0. The number of rotatable bonds is 6. The van der Waals surface area contributed by atoms with E-state index in [9.17, 15) is 13.2 Å². The zero-order chi connectivity index (χ0) is 23.6. The van der Waals surface area contributed by atoms with Gasteiger partial charge in [0.1, 0.15) is 5.76 Å². The average molecular weight is 469 g/mol. The Morgan fingerprint density at radius 1 is 1.03 bits per heavy atom. The molecule has 0 unspecified atom stereocenters. The molecular weight excluding hydrogens is 440 g/mol. The first-order valence-electron chi connectivity index (χ1n) is 10.9. The molecular formula is C24H28N4O4S. The number of hydrogen-bond acceptors (Lipinski definition) is 6. The van der Waals surface area contributed by atoms with E-state index in [0.29, 0.717) is 44.3 Å². The molecule has 1 fully saturated rings. The first-order chi connectivity index (χ1) is 15.7. The first-order valence-corrected chi connectivity index (χ1v) is 12.3. The monoisotopic (exact) mass is 468 g/mol. The fraction of sp³-hybridized carbons (Fsp3) is 0.333. The average Bonchev–Trinajstić information content (AvgIpc) is 3.14. The Morgan fingerprint density at radius 2 is 1.70 bits per heavy atom. The third-order valence-corrected chi connectivity index (χ3v) is 7.70. The lowest BCUT2D eigenvalue weighted by molar-refractivity contribution is -0.114. The highest BCUT2D eigenvalue weighted by Crippen LogP contribution is 2.26. The van der Waals surface area contributed by atoms with Gasteiger partial charge in [-0.1, -0.05) is 18.2 Å². The van der Waals surface area contributed by atoms with Crippen molar-refractivity contribution in [2.24, 2.45) is 0 Å². The van der Waals surface area contributed by atoms with Gasteiger partial charge in [-0.25, -0.2) is 13.4 Å². The molecule has 0 aliphatic carbocycles. The molecule has 9 heteroatoms. The Kier molecular flexibility index (Phi) is 6.64. The van der Waals surface area contributed by atoms with Crippen LogP contribution in [0.4, 0.5) is 5.69 Å². The van der Waals surface area contributed by atoms with Gasteiger partial charge in [-0.05, 0) is 49.7 Å². The van der Waals surface area contributed by atoms with Gasteiger partial charge in [-0.3, -0.25) is 9.69 Å². The van der Waals surface area contributed by atoms with Crippen LogP contribution in [0, 0.1) is 13.8 Å². The van der Waals surface area contributed by atoms with Crippen LogP contribution in [0.5, 0.6) is 0 Å². The Labute approximate surface area is 194 Å². The van der Waals surface area contributed by atoms with Crippen LogP contribution in [-0.4, -0.2) is 54.7 Å². The van der Waals surface area contributed by atoms with Gasteiger partial charge in [0.15, 0.2) is 0 Å². The minimum atomic E-state index is -3.59. The number of piperazine rings is 1. The summed E-state index contributed by atoms with van der Waals surface area (Å²) in [6.07, 6.45) is 0. The second-order valence-corrected chi connectivity index (χ2v) is 10.2. The summed E-state index contributed by atoms with van der Waals surface area (Å²) in [5.41, 5.74) is 3.53. The SMILES string of the molecule is CC(=O)Nc1ccc(S(=O)(=O)N2CCN(Cc3nc(-c4ccccc4C)oc3C)CC2)cc1. The van der Waals surface area contributed by atoms with Crippen LogP contribution in [0.3, 0.4) is 0 Å². The summed E-state index contributed by atoms with van der Waals surface area (Å²) in [4.78, 5) is 18.3. The maximum absolute atomic E-state index is 13.0. The highest BCUT2D eigenvalue weighted by atomic mass is 32.2. The minimum absolute atomic E-state index is 0.199. The molecule has 3 aromatic rings. The molecule has 1 aliphatic rings. The summed E-state index contributed by atoms with van der Waals surface area (Å²) in [5.74, 6) is 1.20. The van der Waals surface area contributed by atoms with Crippen LogP contribution in [0.25, 0.3) is 11.5 Å². The van der Waals surface area contributed by atoms with E-state index in [0.717, 1.165) is 22.6 Å². The highest BCUT2D eigenvalue weighted by Gasteiger charge is 2.29. The Balaban J connectivity index is 1.39. The number of nitrogens with one attached hydrogen (secondary N) is 1. The maximum Gasteiger partial charge on any atom is 0.243 e. The van der Waals surface area contributed by atoms with E-state index in [1.807, 2.05) is 38.1 Å². The molecule has 33 heavy (non-hydrogen) atoms. The van der Waals surface area contributed by atoms with E-state index in [2.05, 4.69) is 10.2 Å². The highest BCUT2D eigenvalue weighted by molar-refractivity contribution is 7.89. The van der Waals surface area contributed by atoms with Crippen molar-refractivity contribution in [1.82, 2.24) is 14.2 Å². The molecule has 1 aromatic heterocycles. The molecule has 1 saturated heterocycles. The second kappa shape index (κ2) is 9.46. The van der Waals surface area contributed by atoms with Crippen LogP contribution in [0.1, 0.15) is 23.9 Å². The van der Waals surface area contributed by atoms with E-state index < -0.39 is 10.0 Å². The van der Waals surface area contributed by atoms with E-state index in [4.69, 9.17) is 9.40 Å². The van der Waals surface area contributed by atoms with Crippen LogP contribution in [0.15, 0.2) is 57.8 Å². The molecule has 8 nitrogen and oxygen atoms in total. The number of anilines is 1. The van der Waals surface area contributed by atoms with Crippen molar-refractivity contribution in [2.45, 2.75) is 32.2 Å². The minimum Gasteiger partial charge on any atom is -0.441 e. The number of sulfonamides is 1. The lowest BCUT2D eigenvalue weighted by Gasteiger charge is -2.33. The number of oxazole rings is 1. The van der Waals surface area contributed by atoms with Crippen LogP contribution < -0.4 is 5.32 Å². The molecule has 174 valence electrons. The lowest BCUT2D eigenvalue weighted by Crippen LogP contribution is -2.48. The van der Waals surface area contributed by atoms with Gasteiger partial charge in [0, 0.05) is 50.9 Å². The number of aromatic nitrogens is 1. The molecule has 0 bridgehead atoms. The molecule has 0 spiro atoms. The molecule has 1 N–H and O–H groups in total. The molecule has 0 atom stereocenters. The number of hydrogen-bond donors (Lipinski definition) is 1. The van der Waals surface area contributed by atoms with Crippen molar-refractivity contribution in [1.29, 1.82) is 0 Å². The lowest BCUT2D eigenvalue weighted by atomic mass is 10.1. The molecule has 0 radical (unpaired) electrons. The number of amides is 1. The smallest absolute Gasteiger partial charge is 0.243 e. The number of benzene rings is 2. The number of carbonyl (C=O) groups excluding carboxylic acids is 1. The topological polar surface area (TPSA) is 95.8 Å². The fourth-order valence-corrected chi connectivity index (χ4v) is 5.33. The molecule has 1 aliphatic heterocycles. The van der Waals surface area contributed by atoms with Gasteiger partial charge < -0.3 is 9.73 Å². The van der Waals surface area contributed by atoms with Crippen molar-refractivity contribution in [3.8, 4) is 11.5 Å². The normalized spacial score (nSPS) is 15.5. The predicted octanol–water partition coefficient (Wildman–Crippen LogP) is 3.42. The number of carbonyl (C=O) groups is 1. The van der Waals surface area contributed by atoms with Crippen molar-refractivity contribution in [2.75, 3.05) is 31.5 Å². The van der Waals surface area contributed by atoms with Crippen molar-refractivity contribution < 1.29 is 17.6 Å². The summed E-state index contributed by atoms with van der Waals surface area (Å²) >= 11 is 0. The predicted molar refractivity (Wildman–Crippen MR) is 126 cm³/mol. The summed E-state index contributed by atoms with van der Waals surface area (Å²) in [5, 5.41) is 2.64. The van der Waals surface area contributed by atoms with Crippen LogP contribution >= 0.6 is 0 Å². The zero-order valence-corrected chi connectivity index (χ0v) is 19.9. The summed E-state index contributed by atoms with van der Waals surface area (Å²) in [7, 11) is -3.59. The fourth-order valence-electron chi connectivity index (χ4n) is 3.91. The third kappa shape index (κ3) is 5.16. The summed E-state index contributed by atoms with van der Waals surface area (Å²) < 4.78 is 33.5. The van der Waals surface area contributed by atoms with E-state index >= 15 is 0 Å². The van der Waals surface area contributed by atoms with Gasteiger partial charge in [0.05, 0.1) is 10.6 Å². The zero-order valence-electron chi connectivity index (χ0n) is 19.0. The van der Waals surface area contributed by atoms with E-state index in [1.165, 1.54) is 23.4 Å². The van der Waals surface area contributed by atoms with Crippen molar-refractivity contribution >= 4 is 21.6 Å². The van der Waals surface area contributed by atoms with Gasteiger partial charge in [-0.2, -0.15) is 4.31 Å². The Bertz CT molecular complexity index is 1240. The first kappa shape index (κ1) is 23.2. The van der Waals surface area contributed by atoms with Gasteiger partial charge >= 0.3 is 0 Å². The van der Waals surface area contributed by atoms with Crippen LogP contribution in [0.2, 0.25) is 0 Å². The standard InChI is InChI=1S/C24H28N4O4S/c1-17-6-4-5-7-22(17)24-26-23(18(2)32-24)16-27-12-14-28(15-13-27)33(30,31)21-10-8-20(9-11-21)25-19(3)29/h4-11H,12-16H2,1-3H3,(H,25,29). The Morgan fingerprint density at radius 3 is 2.33 bits per heavy atom. The van der Waals surface area contributed by atoms with Gasteiger partial charge in [-0.15, -0.1) is 0 Å². The van der Waals surface area contributed by atoms with E-state index in [1.54, 1.807) is 12.1 Å². The van der Waals surface area contributed by atoms with Crippen LogP contribution in [-0.2, 0) is 21.4 Å². The van der Waals surface area contributed by atoms with Gasteiger partial charge in [0.2, 0.25) is 21.8 Å². The third-order valence-electron chi connectivity index (χ3n) is 5.79. The van der Waals surface area contributed by atoms with E-state index in [-0.39, 0.29) is 10.8 Å². The summed E-state index contributed by atoms with van der Waals surface area (Å²) in [6.45, 7) is 7.98. The largest absolute Gasteiger partial charge is 0.441 e. The molecule has 0 saturated carbocycles. The van der Waals surface area contributed by atoms with Gasteiger partial charge in [0.25, 0.3) is 0 Å². The van der Waals surface area contributed by atoms with Crippen molar-refractivity contribution in [3.63, 3.8) is 0 Å². The molecule has 4 rings (SSSR count). The molecule has 2 aromatic carbocycles.